The number of nitrogens with one attached hydrogen (secondary N) is 2. The van der Waals surface area contributed by atoms with Gasteiger partial charge in [0.05, 0.1) is 10.7 Å². The van der Waals surface area contributed by atoms with Gasteiger partial charge in [-0.3, -0.25) is 0 Å². The third kappa shape index (κ3) is 1.95. The van der Waals surface area contributed by atoms with Crippen LogP contribution in [0.5, 0.6) is 5.75 Å². The zero-order chi connectivity index (χ0) is 17.1. The summed E-state index contributed by atoms with van der Waals surface area (Å²) in [4.78, 5) is 6.62. The zero-order valence-electron chi connectivity index (χ0n) is 13.1. The molecule has 0 aliphatic rings. The molecule has 0 atom stereocenters. The number of aromatic amines is 2. The molecule has 25 heavy (non-hydrogen) atoms. The minimum absolute atomic E-state index is 0.250. The van der Waals surface area contributed by atoms with Crippen molar-refractivity contribution in [1.82, 2.24) is 9.97 Å². The molecule has 0 spiro atoms. The fraction of sp³-hybridized carbons (Fsp3) is 0. The van der Waals surface area contributed by atoms with Crippen molar-refractivity contribution in [2.75, 3.05) is 5.73 Å². The molecular weight excluding hydrogens is 334 g/mol. The van der Waals surface area contributed by atoms with E-state index in [2.05, 4.69) is 16.0 Å². The van der Waals surface area contributed by atoms with Crippen LogP contribution in [-0.2, 0) is 0 Å². The number of anilines is 1. The number of fused-ring (bicyclic) bond motifs is 5. The number of hydrogen-bond acceptors (Lipinski definition) is 2. The maximum atomic E-state index is 9.88. The van der Waals surface area contributed by atoms with Crippen molar-refractivity contribution in [2.24, 2.45) is 0 Å². The van der Waals surface area contributed by atoms with Crippen molar-refractivity contribution in [3.05, 3.63) is 59.9 Å². The minimum atomic E-state index is 0.250. The van der Waals surface area contributed by atoms with Gasteiger partial charge < -0.3 is 20.8 Å². The Morgan fingerprint density at radius 1 is 0.880 bits per heavy atom. The van der Waals surface area contributed by atoms with E-state index in [-0.39, 0.29) is 5.75 Å². The lowest BCUT2D eigenvalue weighted by Crippen LogP contribution is -1.89. The predicted molar refractivity (Wildman–Crippen MR) is 104 cm³/mol. The Kier molecular flexibility index (Phi) is 2.82. The molecule has 0 aliphatic carbocycles. The smallest absolute Gasteiger partial charge is 0.116 e. The largest absolute Gasteiger partial charge is 0.508 e. The molecule has 0 fully saturated rings. The first-order valence-electron chi connectivity index (χ1n) is 7.92. The van der Waals surface area contributed by atoms with Crippen molar-refractivity contribution in [1.29, 1.82) is 0 Å². The Labute approximate surface area is 147 Å². The van der Waals surface area contributed by atoms with Crippen LogP contribution < -0.4 is 5.73 Å². The van der Waals surface area contributed by atoms with Gasteiger partial charge in [0.2, 0.25) is 0 Å². The molecule has 5 N–H and O–H groups in total. The summed E-state index contributed by atoms with van der Waals surface area (Å²) in [6, 6.07) is 13.1. The second-order valence-electron chi connectivity index (χ2n) is 6.19. The van der Waals surface area contributed by atoms with E-state index < -0.39 is 0 Å². The summed E-state index contributed by atoms with van der Waals surface area (Å²) in [6.45, 7) is 0. The molecule has 2 heterocycles. The first-order chi connectivity index (χ1) is 12.1. The van der Waals surface area contributed by atoms with Gasteiger partial charge in [-0.2, -0.15) is 0 Å². The van der Waals surface area contributed by atoms with Gasteiger partial charge in [0, 0.05) is 50.5 Å². The number of aromatic nitrogens is 2. The molecule has 3 aromatic carbocycles. The second-order valence-corrected chi connectivity index (χ2v) is 6.57. The summed E-state index contributed by atoms with van der Waals surface area (Å²) < 4.78 is 0. The molecule has 122 valence electrons. The molecule has 2 aromatic heterocycles. The summed E-state index contributed by atoms with van der Waals surface area (Å²) in [5.41, 5.74) is 10.4. The first kappa shape index (κ1) is 14.3. The van der Waals surface area contributed by atoms with E-state index in [0.29, 0.717) is 10.7 Å². The van der Waals surface area contributed by atoms with Crippen molar-refractivity contribution < 1.29 is 5.11 Å². The van der Waals surface area contributed by atoms with E-state index in [0.717, 1.165) is 43.7 Å². The maximum Gasteiger partial charge on any atom is 0.116 e. The summed E-state index contributed by atoms with van der Waals surface area (Å²) in [5, 5.41) is 14.6. The van der Waals surface area contributed by atoms with Gasteiger partial charge in [-0.15, -0.1) is 0 Å². The summed E-state index contributed by atoms with van der Waals surface area (Å²) in [6.07, 6.45) is 3.93. The third-order valence-corrected chi connectivity index (χ3v) is 5.15. The van der Waals surface area contributed by atoms with Crippen molar-refractivity contribution >= 4 is 49.9 Å². The molecule has 0 bridgehead atoms. The highest BCUT2D eigenvalue weighted by Gasteiger charge is 2.16. The van der Waals surface area contributed by atoms with Crippen LogP contribution in [0.1, 0.15) is 0 Å². The molecular formula is C20H14ClN3O. The average Bonchev–Trinajstić information content (AvgIpc) is 3.20. The normalized spacial score (nSPS) is 11.7. The van der Waals surface area contributed by atoms with E-state index in [4.69, 9.17) is 17.3 Å². The van der Waals surface area contributed by atoms with Crippen LogP contribution in [-0.4, -0.2) is 15.1 Å². The molecule has 0 amide bonds. The molecule has 0 saturated heterocycles. The Hall–Kier alpha value is -3.11. The lowest BCUT2D eigenvalue weighted by molar-refractivity contribution is 0.476. The van der Waals surface area contributed by atoms with Gasteiger partial charge in [-0.05, 0) is 35.9 Å². The number of phenols is 1. The quantitative estimate of drug-likeness (QED) is 0.306. The summed E-state index contributed by atoms with van der Waals surface area (Å²) in [5.74, 6) is 0.250. The van der Waals surface area contributed by atoms with Gasteiger partial charge in [0.25, 0.3) is 0 Å². The summed E-state index contributed by atoms with van der Waals surface area (Å²) in [7, 11) is 0. The van der Waals surface area contributed by atoms with Crippen LogP contribution >= 0.6 is 11.6 Å². The van der Waals surface area contributed by atoms with E-state index in [9.17, 15) is 5.11 Å². The van der Waals surface area contributed by atoms with Gasteiger partial charge in [-0.1, -0.05) is 23.7 Å². The van der Waals surface area contributed by atoms with Crippen LogP contribution in [0.3, 0.4) is 0 Å². The van der Waals surface area contributed by atoms with E-state index >= 15 is 0 Å². The molecule has 0 aliphatic heterocycles. The molecule has 5 rings (SSSR count). The number of aromatic hydroxyl groups is 1. The minimum Gasteiger partial charge on any atom is -0.508 e. The van der Waals surface area contributed by atoms with Gasteiger partial charge >= 0.3 is 0 Å². The maximum absolute atomic E-state index is 9.88. The van der Waals surface area contributed by atoms with E-state index in [1.165, 1.54) is 0 Å². The van der Waals surface area contributed by atoms with Crippen LogP contribution in [0, 0.1) is 0 Å². The number of benzene rings is 3. The van der Waals surface area contributed by atoms with Crippen LogP contribution in [0.25, 0.3) is 43.7 Å². The topological polar surface area (TPSA) is 77.8 Å². The van der Waals surface area contributed by atoms with Gasteiger partial charge in [-0.25, -0.2) is 0 Å². The van der Waals surface area contributed by atoms with Gasteiger partial charge in [0.1, 0.15) is 5.75 Å². The van der Waals surface area contributed by atoms with E-state index in [1.54, 1.807) is 18.2 Å². The molecule has 5 aromatic rings. The standard InChI is InChI=1S/C20H14ClN3O/c21-20-11(2-1-3-16(20)22)12-7-18-19(15-9-23-8-14(12)15)13-6-10(25)4-5-17(13)24-18/h1-9,23-25H,22H2. The number of H-pyrrole nitrogens is 2. The monoisotopic (exact) mass is 347 g/mol. The van der Waals surface area contributed by atoms with Crippen molar-refractivity contribution in [3.8, 4) is 16.9 Å². The molecule has 0 radical (unpaired) electrons. The van der Waals surface area contributed by atoms with Gasteiger partial charge in [0.15, 0.2) is 0 Å². The Bertz CT molecular complexity index is 1280. The van der Waals surface area contributed by atoms with Crippen molar-refractivity contribution in [2.45, 2.75) is 0 Å². The Morgan fingerprint density at radius 3 is 2.60 bits per heavy atom. The SMILES string of the molecule is Nc1cccc(-c2cc3[nH]c4ccc(O)cc4c3c3c[nH]cc23)c1Cl. The molecule has 0 saturated carbocycles. The second kappa shape index (κ2) is 4.94. The zero-order valence-corrected chi connectivity index (χ0v) is 13.9. The number of rotatable bonds is 1. The lowest BCUT2D eigenvalue weighted by Gasteiger charge is -2.09. The lowest BCUT2D eigenvalue weighted by atomic mass is 9.97. The van der Waals surface area contributed by atoms with Crippen molar-refractivity contribution in [3.63, 3.8) is 0 Å². The van der Waals surface area contributed by atoms with Crippen LogP contribution in [0.15, 0.2) is 54.9 Å². The Morgan fingerprint density at radius 2 is 1.72 bits per heavy atom. The number of hydrogen-bond donors (Lipinski definition) is 4. The highest BCUT2D eigenvalue weighted by Crippen LogP contribution is 2.41. The average molecular weight is 348 g/mol. The van der Waals surface area contributed by atoms with E-state index in [1.807, 2.05) is 30.6 Å². The molecule has 4 nitrogen and oxygen atoms in total. The Balaban J connectivity index is 1.97. The van der Waals surface area contributed by atoms with Crippen LogP contribution in [0.2, 0.25) is 5.02 Å². The number of nitrogens with two attached hydrogens (primary N) is 1. The number of halogens is 1. The number of nitrogen functional groups attached to an aromatic ring is 1. The highest BCUT2D eigenvalue weighted by molar-refractivity contribution is 6.36. The molecule has 0 unspecified atom stereocenters. The summed E-state index contributed by atoms with van der Waals surface area (Å²) >= 11 is 6.47. The highest BCUT2D eigenvalue weighted by atomic mass is 35.5. The number of phenolic OH excluding ortho intramolecular Hbond substituents is 1. The fourth-order valence-electron chi connectivity index (χ4n) is 3.60. The third-order valence-electron chi connectivity index (χ3n) is 4.72. The predicted octanol–water partition coefficient (Wildman–Crippen LogP) is 5.41. The first-order valence-corrected chi connectivity index (χ1v) is 8.29. The van der Waals surface area contributed by atoms with Crippen LogP contribution in [0.4, 0.5) is 5.69 Å². The molecule has 5 heteroatoms. The fourth-order valence-corrected chi connectivity index (χ4v) is 3.82.